The number of primary amides is 1. The molecule has 0 unspecified atom stereocenters. The van der Waals surface area contributed by atoms with Gasteiger partial charge in [-0.05, 0) is 30.5 Å². The lowest BCUT2D eigenvalue weighted by Gasteiger charge is -2.11. The predicted octanol–water partition coefficient (Wildman–Crippen LogP) is 1.47. The van der Waals surface area contributed by atoms with Crippen LogP contribution in [0.1, 0.15) is 23.2 Å². The summed E-state index contributed by atoms with van der Waals surface area (Å²) >= 11 is 0. The number of carbonyl (C=O) groups is 1. The third-order valence-electron chi connectivity index (χ3n) is 2.80. The molecular weight excluding hydrogens is 228 g/mol. The van der Waals surface area contributed by atoms with Gasteiger partial charge in [0.05, 0.1) is 5.56 Å². The second-order valence-electron chi connectivity index (χ2n) is 4.55. The Morgan fingerprint density at radius 1 is 1.44 bits per heavy atom. The number of rotatable bonds is 7. The Morgan fingerprint density at radius 3 is 2.83 bits per heavy atom. The number of nitrogens with one attached hydrogen (secondary N) is 1. The van der Waals surface area contributed by atoms with E-state index in [1.165, 1.54) is 12.8 Å². The van der Waals surface area contributed by atoms with E-state index in [1.807, 2.05) is 6.07 Å². The van der Waals surface area contributed by atoms with Gasteiger partial charge in [-0.15, -0.1) is 0 Å². The van der Waals surface area contributed by atoms with Crippen molar-refractivity contribution in [2.45, 2.75) is 18.9 Å². The zero-order valence-corrected chi connectivity index (χ0v) is 10.3. The van der Waals surface area contributed by atoms with E-state index < -0.39 is 5.91 Å². The van der Waals surface area contributed by atoms with E-state index in [0.717, 1.165) is 12.1 Å². The van der Waals surface area contributed by atoms with E-state index in [-0.39, 0.29) is 0 Å². The highest BCUT2D eigenvalue weighted by molar-refractivity contribution is 5.95. The molecule has 0 heterocycles. The molecule has 1 fully saturated rings. The standard InChI is InChI=1S/C14H18N2O2/c1-10(8-16-11-6-7-11)9-18-13-5-3-2-4-12(13)14(15)17/h2-5,11,16H,1,6-9H2,(H2,15,17). The minimum Gasteiger partial charge on any atom is -0.488 e. The van der Waals surface area contributed by atoms with Crippen LogP contribution in [-0.2, 0) is 0 Å². The van der Waals surface area contributed by atoms with Crippen LogP contribution in [-0.4, -0.2) is 25.1 Å². The van der Waals surface area contributed by atoms with Crippen LogP contribution in [0.2, 0.25) is 0 Å². The van der Waals surface area contributed by atoms with Crippen LogP contribution in [0.3, 0.4) is 0 Å². The van der Waals surface area contributed by atoms with Gasteiger partial charge < -0.3 is 15.8 Å². The molecule has 0 aliphatic heterocycles. The lowest BCUT2D eigenvalue weighted by atomic mass is 10.2. The molecular formula is C14H18N2O2. The molecule has 1 aromatic rings. The summed E-state index contributed by atoms with van der Waals surface area (Å²) in [4.78, 5) is 11.2. The number of nitrogens with two attached hydrogens (primary N) is 1. The van der Waals surface area contributed by atoms with Gasteiger partial charge in [0.25, 0.3) is 5.91 Å². The molecule has 1 aliphatic carbocycles. The highest BCUT2D eigenvalue weighted by Gasteiger charge is 2.20. The van der Waals surface area contributed by atoms with Gasteiger partial charge in [0, 0.05) is 12.6 Å². The molecule has 96 valence electrons. The third kappa shape index (κ3) is 3.60. The first kappa shape index (κ1) is 12.6. The minimum atomic E-state index is -0.479. The summed E-state index contributed by atoms with van der Waals surface area (Å²) in [5.74, 6) is 0.0323. The fourth-order valence-corrected chi connectivity index (χ4v) is 1.60. The highest BCUT2D eigenvalue weighted by Crippen LogP contribution is 2.19. The number of amides is 1. The average Bonchev–Trinajstić information content (AvgIpc) is 3.18. The highest BCUT2D eigenvalue weighted by atomic mass is 16.5. The van der Waals surface area contributed by atoms with E-state index in [4.69, 9.17) is 10.5 Å². The first-order valence-corrected chi connectivity index (χ1v) is 6.08. The van der Waals surface area contributed by atoms with Gasteiger partial charge >= 0.3 is 0 Å². The molecule has 2 rings (SSSR count). The van der Waals surface area contributed by atoms with Gasteiger partial charge in [-0.25, -0.2) is 0 Å². The lowest BCUT2D eigenvalue weighted by molar-refractivity contribution is 0.0997. The summed E-state index contributed by atoms with van der Waals surface area (Å²) < 4.78 is 5.57. The maximum absolute atomic E-state index is 11.2. The monoisotopic (exact) mass is 246 g/mol. The average molecular weight is 246 g/mol. The number of para-hydroxylation sites is 1. The van der Waals surface area contributed by atoms with Crippen molar-refractivity contribution < 1.29 is 9.53 Å². The minimum absolute atomic E-state index is 0.393. The molecule has 3 N–H and O–H groups in total. The summed E-state index contributed by atoms with van der Waals surface area (Å²) in [5.41, 5.74) is 6.64. The Labute approximate surface area is 107 Å². The van der Waals surface area contributed by atoms with Gasteiger partial charge in [-0.1, -0.05) is 18.7 Å². The predicted molar refractivity (Wildman–Crippen MR) is 70.6 cm³/mol. The van der Waals surface area contributed by atoms with Crippen molar-refractivity contribution in [3.05, 3.63) is 42.0 Å². The zero-order chi connectivity index (χ0) is 13.0. The Bertz CT molecular complexity index is 453. The molecule has 1 aliphatic rings. The van der Waals surface area contributed by atoms with Crippen molar-refractivity contribution in [3.63, 3.8) is 0 Å². The number of benzene rings is 1. The quantitative estimate of drug-likeness (QED) is 0.716. The van der Waals surface area contributed by atoms with Crippen molar-refractivity contribution in [2.75, 3.05) is 13.2 Å². The molecule has 0 bridgehead atoms. The van der Waals surface area contributed by atoms with E-state index in [2.05, 4.69) is 11.9 Å². The number of carbonyl (C=O) groups excluding carboxylic acids is 1. The molecule has 4 heteroatoms. The summed E-state index contributed by atoms with van der Waals surface area (Å²) in [5, 5.41) is 3.36. The van der Waals surface area contributed by atoms with Gasteiger partial charge in [-0.2, -0.15) is 0 Å². The number of hydrogen-bond donors (Lipinski definition) is 2. The van der Waals surface area contributed by atoms with E-state index >= 15 is 0 Å². The Hall–Kier alpha value is -1.81. The maximum atomic E-state index is 11.2. The fourth-order valence-electron chi connectivity index (χ4n) is 1.60. The van der Waals surface area contributed by atoms with Gasteiger partial charge in [0.15, 0.2) is 0 Å². The summed E-state index contributed by atoms with van der Waals surface area (Å²) in [6.45, 7) is 5.09. The zero-order valence-electron chi connectivity index (χ0n) is 10.3. The van der Waals surface area contributed by atoms with Gasteiger partial charge in [0.2, 0.25) is 0 Å². The second kappa shape index (κ2) is 5.69. The second-order valence-corrected chi connectivity index (χ2v) is 4.55. The summed E-state index contributed by atoms with van der Waals surface area (Å²) in [6, 6.07) is 7.62. The number of ether oxygens (including phenoxy) is 1. The van der Waals surface area contributed by atoms with Crippen molar-refractivity contribution >= 4 is 5.91 Å². The van der Waals surface area contributed by atoms with E-state index in [0.29, 0.717) is 24.0 Å². The maximum Gasteiger partial charge on any atom is 0.252 e. The molecule has 0 spiro atoms. The van der Waals surface area contributed by atoms with E-state index in [1.54, 1.807) is 18.2 Å². The topological polar surface area (TPSA) is 64.3 Å². The Morgan fingerprint density at radius 2 is 2.17 bits per heavy atom. The molecule has 0 atom stereocenters. The van der Waals surface area contributed by atoms with Crippen LogP contribution in [0.25, 0.3) is 0 Å². The normalized spacial score (nSPS) is 14.2. The van der Waals surface area contributed by atoms with E-state index in [9.17, 15) is 4.79 Å². The Balaban J connectivity index is 1.84. The third-order valence-corrected chi connectivity index (χ3v) is 2.80. The fraction of sp³-hybridized carbons (Fsp3) is 0.357. The van der Waals surface area contributed by atoms with Crippen molar-refractivity contribution in [1.82, 2.24) is 5.32 Å². The van der Waals surface area contributed by atoms with Crippen LogP contribution in [0, 0.1) is 0 Å². The summed E-state index contributed by atoms with van der Waals surface area (Å²) in [7, 11) is 0. The number of hydrogen-bond acceptors (Lipinski definition) is 3. The molecule has 1 amide bonds. The molecule has 1 saturated carbocycles. The molecule has 18 heavy (non-hydrogen) atoms. The van der Waals surface area contributed by atoms with Gasteiger partial charge in [0.1, 0.15) is 12.4 Å². The largest absolute Gasteiger partial charge is 0.488 e. The molecule has 0 aromatic heterocycles. The van der Waals surface area contributed by atoms with Crippen LogP contribution in [0.15, 0.2) is 36.4 Å². The van der Waals surface area contributed by atoms with Crippen molar-refractivity contribution in [3.8, 4) is 5.75 Å². The molecule has 1 aromatic carbocycles. The molecule has 4 nitrogen and oxygen atoms in total. The Kier molecular flexibility index (Phi) is 3.99. The van der Waals surface area contributed by atoms with Gasteiger partial charge in [-0.3, -0.25) is 4.79 Å². The van der Waals surface area contributed by atoms with Crippen LogP contribution >= 0.6 is 0 Å². The smallest absolute Gasteiger partial charge is 0.252 e. The molecule has 0 saturated heterocycles. The molecule has 0 radical (unpaired) electrons. The van der Waals surface area contributed by atoms with Crippen molar-refractivity contribution in [2.24, 2.45) is 5.73 Å². The summed E-state index contributed by atoms with van der Waals surface area (Å²) in [6.07, 6.45) is 2.50. The first-order chi connectivity index (χ1) is 8.66. The van der Waals surface area contributed by atoms with Crippen LogP contribution < -0.4 is 15.8 Å². The van der Waals surface area contributed by atoms with Crippen LogP contribution in [0.5, 0.6) is 5.75 Å². The first-order valence-electron chi connectivity index (χ1n) is 6.08. The lowest BCUT2D eigenvalue weighted by Crippen LogP contribution is -2.22. The van der Waals surface area contributed by atoms with Crippen LogP contribution in [0.4, 0.5) is 0 Å². The SMILES string of the molecule is C=C(CNC1CC1)COc1ccccc1C(N)=O. The van der Waals surface area contributed by atoms with Crippen molar-refractivity contribution in [1.29, 1.82) is 0 Å².